The van der Waals surface area contributed by atoms with Crippen molar-refractivity contribution in [2.75, 3.05) is 13.7 Å². The summed E-state index contributed by atoms with van der Waals surface area (Å²) in [5.74, 6) is -0.967. The molecule has 1 N–H and O–H groups in total. The lowest BCUT2D eigenvalue weighted by molar-refractivity contribution is -0.307. The number of carboxylic acid groups (broad SMARTS) is 1. The van der Waals surface area contributed by atoms with Gasteiger partial charge in [0, 0.05) is 16.6 Å². The highest BCUT2D eigenvalue weighted by atomic mass is 32.1. The standard InChI is InChI=1S/C17H19N3O5S/c1-10-9-26-16(18-10)7-15(21)20-19-11(2)12-4-5-13(14(6-12)24-3)25-8-17(22)23/h4-6,9H,7-8H2,1-3H3,(H,20,21)(H,22,23)/p-1/b19-11-. The van der Waals surface area contributed by atoms with Gasteiger partial charge >= 0.3 is 0 Å². The van der Waals surface area contributed by atoms with Gasteiger partial charge in [-0.2, -0.15) is 5.10 Å². The van der Waals surface area contributed by atoms with Crippen LogP contribution in [0.3, 0.4) is 0 Å². The van der Waals surface area contributed by atoms with Gasteiger partial charge in [0.25, 0.3) is 0 Å². The fourth-order valence-corrected chi connectivity index (χ4v) is 2.79. The molecule has 0 fully saturated rings. The van der Waals surface area contributed by atoms with Gasteiger partial charge in [-0.1, -0.05) is 0 Å². The van der Waals surface area contributed by atoms with E-state index < -0.39 is 12.6 Å². The Hall–Kier alpha value is -2.94. The molecule has 0 saturated carbocycles. The van der Waals surface area contributed by atoms with Crippen LogP contribution in [-0.4, -0.2) is 36.3 Å². The third kappa shape index (κ3) is 5.55. The zero-order valence-corrected chi connectivity index (χ0v) is 15.4. The normalized spacial score (nSPS) is 11.1. The number of nitrogens with zero attached hydrogens (tertiary/aromatic N) is 2. The van der Waals surface area contributed by atoms with Gasteiger partial charge in [-0.25, -0.2) is 10.4 Å². The molecule has 8 nitrogen and oxygen atoms in total. The molecule has 1 aromatic carbocycles. The molecule has 0 saturated heterocycles. The molecule has 0 aliphatic carbocycles. The molecule has 0 atom stereocenters. The van der Waals surface area contributed by atoms with Gasteiger partial charge in [0.15, 0.2) is 11.5 Å². The van der Waals surface area contributed by atoms with Crippen LogP contribution in [0.25, 0.3) is 0 Å². The number of aliphatic carboxylic acids is 1. The van der Waals surface area contributed by atoms with Crippen molar-refractivity contribution in [1.29, 1.82) is 0 Å². The molecule has 26 heavy (non-hydrogen) atoms. The van der Waals surface area contributed by atoms with E-state index in [1.165, 1.54) is 18.4 Å². The minimum atomic E-state index is -1.33. The number of benzene rings is 1. The summed E-state index contributed by atoms with van der Waals surface area (Å²) in [7, 11) is 1.44. The Morgan fingerprint density at radius 1 is 1.35 bits per heavy atom. The summed E-state index contributed by atoms with van der Waals surface area (Å²) >= 11 is 1.42. The molecule has 2 aromatic rings. The van der Waals surface area contributed by atoms with Crippen LogP contribution in [0.2, 0.25) is 0 Å². The number of thiazole rings is 1. The lowest BCUT2D eigenvalue weighted by Gasteiger charge is -2.12. The number of hydrazone groups is 1. The Balaban J connectivity index is 2.03. The predicted octanol–water partition coefficient (Wildman–Crippen LogP) is 0.672. The Kier molecular flexibility index (Phi) is 6.67. The highest BCUT2D eigenvalue weighted by molar-refractivity contribution is 7.09. The maximum Gasteiger partial charge on any atom is 0.246 e. The van der Waals surface area contributed by atoms with E-state index in [1.54, 1.807) is 25.1 Å². The second-order valence-electron chi connectivity index (χ2n) is 5.32. The second kappa shape index (κ2) is 8.95. The molecule has 2 rings (SSSR count). The molecule has 0 spiro atoms. The molecule has 0 aliphatic rings. The first-order valence-electron chi connectivity index (χ1n) is 7.64. The number of aryl methyl sites for hydroxylation is 1. The van der Waals surface area contributed by atoms with Crippen molar-refractivity contribution in [1.82, 2.24) is 10.4 Å². The molecule has 0 unspecified atom stereocenters. The Morgan fingerprint density at radius 3 is 2.73 bits per heavy atom. The summed E-state index contributed by atoms with van der Waals surface area (Å²) < 4.78 is 10.3. The second-order valence-corrected chi connectivity index (χ2v) is 6.26. The largest absolute Gasteiger partial charge is 0.546 e. The van der Waals surface area contributed by atoms with Crippen LogP contribution in [0.4, 0.5) is 0 Å². The van der Waals surface area contributed by atoms with Crippen molar-refractivity contribution in [2.24, 2.45) is 5.10 Å². The Bertz CT molecular complexity index is 832. The molecule has 0 aliphatic heterocycles. The van der Waals surface area contributed by atoms with Crippen LogP contribution in [0, 0.1) is 6.92 Å². The first-order valence-corrected chi connectivity index (χ1v) is 8.52. The molecular weight excluding hydrogens is 358 g/mol. The number of amides is 1. The van der Waals surface area contributed by atoms with Crippen LogP contribution in [0.15, 0.2) is 28.7 Å². The molecule has 0 radical (unpaired) electrons. The monoisotopic (exact) mass is 376 g/mol. The Labute approximate surface area is 154 Å². The van der Waals surface area contributed by atoms with E-state index in [9.17, 15) is 14.7 Å². The zero-order chi connectivity index (χ0) is 19.1. The number of methoxy groups -OCH3 is 1. The van der Waals surface area contributed by atoms with Gasteiger partial charge in [0.05, 0.1) is 25.2 Å². The molecule has 9 heteroatoms. The van der Waals surface area contributed by atoms with E-state index in [0.717, 1.165) is 10.7 Å². The van der Waals surface area contributed by atoms with Crippen LogP contribution < -0.4 is 20.0 Å². The first kappa shape index (κ1) is 19.4. The predicted molar refractivity (Wildman–Crippen MR) is 94.4 cm³/mol. The molecule has 0 bridgehead atoms. The molecule has 138 valence electrons. The van der Waals surface area contributed by atoms with Crippen molar-refractivity contribution >= 4 is 28.9 Å². The lowest BCUT2D eigenvalue weighted by Crippen LogP contribution is -2.29. The van der Waals surface area contributed by atoms with E-state index in [1.807, 2.05) is 12.3 Å². The average molecular weight is 376 g/mol. The topological polar surface area (TPSA) is 113 Å². The molecular formula is C17H18N3O5S-. The summed E-state index contributed by atoms with van der Waals surface area (Å²) in [4.78, 5) is 26.6. The number of ether oxygens (including phenoxy) is 2. The minimum absolute atomic E-state index is 0.161. The van der Waals surface area contributed by atoms with Crippen molar-refractivity contribution < 1.29 is 24.2 Å². The highest BCUT2D eigenvalue weighted by Crippen LogP contribution is 2.28. The van der Waals surface area contributed by atoms with E-state index in [-0.39, 0.29) is 18.1 Å². The van der Waals surface area contributed by atoms with Gasteiger partial charge in [-0.15, -0.1) is 11.3 Å². The van der Waals surface area contributed by atoms with Gasteiger partial charge in [0.1, 0.15) is 11.6 Å². The third-order valence-corrected chi connectivity index (χ3v) is 4.22. The summed E-state index contributed by atoms with van der Waals surface area (Å²) in [6, 6.07) is 4.89. The lowest BCUT2D eigenvalue weighted by atomic mass is 10.1. The smallest absolute Gasteiger partial charge is 0.246 e. The number of nitrogens with one attached hydrogen (secondary N) is 1. The van der Waals surface area contributed by atoms with Crippen LogP contribution in [-0.2, 0) is 16.0 Å². The van der Waals surface area contributed by atoms with Gasteiger partial charge in [-0.05, 0) is 32.0 Å². The fourth-order valence-electron chi connectivity index (χ4n) is 2.02. The highest BCUT2D eigenvalue weighted by Gasteiger charge is 2.09. The minimum Gasteiger partial charge on any atom is -0.546 e. The number of carboxylic acids is 1. The molecule has 1 heterocycles. The summed E-state index contributed by atoms with van der Waals surface area (Å²) in [5, 5.41) is 17.2. The zero-order valence-electron chi connectivity index (χ0n) is 14.6. The third-order valence-electron chi connectivity index (χ3n) is 3.25. The summed E-state index contributed by atoms with van der Waals surface area (Å²) in [6.45, 7) is 3.02. The van der Waals surface area contributed by atoms with E-state index in [0.29, 0.717) is 17.0 Å². The van der Waals surface area contributed by atoms with Crippen LogP contribution in [0.1, 0.15) is 23.2 Å². The number of rotatable bonds is 8. The van der Waals surface area contributed by atoms with E-state index in [4.69, 9.17) is 9.47 Å². The van der Waals surface area contributed by atoms with Crippen LogP contribution in [0.5, 0.6) is 11.5 Å². The Morgan fingerprint density at radius 2 is 2.12 bits per heavy atom. The first-order chi connectivity index (χ1) is 12.4. The van der Waals surface area contributed by atoms with Crippen LogP contribution >= 0.6 is 11.3 Å². The fraction of sp³-hybridized carbons (Fsp3) is 0.294. The van der Waals surface area contributed by atoms with E-state index in [2.05, 4.69) is 15.5 Å². The SMILES string of the molecule is COc1cc(/C(C)=N\NC(=O)Cc2nc(C)cs2)ccc1OCC(=O)[O-]. The van der Waals surface area contributed by atoms with Gasteiger partial charge in [0.2, 0.25) is 5.91 Å². The summed E-state index contributed by atoms with van der Waals surface area (Å²) in [5.41, 5.74) is 4.61. The maximum atomic E-state index is 11.9. The number of carbonyl (C=O) groups excluding carboxylic acids is 2. The number of carbonyl (C=O) groups is 2. The molecule has 1 amide bonds. The van der Waals surface area contributed by atoms with E-state index >= 15 is 0 Å². The quantitative estimate of drug-likeness (QED) is 0.535. The van der Waals surface area contributed by atoms with Crippen molar-refractivity contribution in [2.45, 2.75) is 20.3 Å². The van der Waals surface area contributed by atoms with Gasteiger partial charge < -0.3 is 19.4 Å². The van der Waals surface area contributed by atoms with Crippen molar-refractivity contribution in [3.8, 4) is 11.5 Å². The summed E-state index contributed by atoms with van der Waals surface area (Å²) in [6.07, 6.45) is 0.161. The number of aromatic nitrogens is 1. The van der Waals surface area contributed by atoms with Crippen molar-refractivity contribution in [3.63, 3.8) is 0 Å². The molecule has 1 aromatic heterocycles. The average Bonchev–Trinajstić information content (AvgIpc) is 3.02. The van der Waals surface area contributed by atoms with Crippen molar-refractivity contribution in [3.05, 3.63) is 39.8 Å². The number of hydrogen-bond donors (Lipinski definition) is 1. The van der Waals surface area contributed by atoms with Gasteiger partial charge in [-0.3, -0.25) is 4.79 Å². The maximum absolute atomic E-state index is 11.9. The number of hydrogen-bond acceptors (Lipinski definition) is 8.